The molecule has 26 heavy (non-hydrogen) atoms. The van der Waals surface area contributed by atoms with Gasteiger partial charge < -0.3 is 24.3 Å². The van der Waals surface area contributed by atoms with Crippen LogP contribution in [0.5, 0.6) is 23.0 Å². The van der Waals surface area contributed by atoms with Crippen LogP contribution >= 0.6 is 11.6 Å². The summed E-state index contributed by atoms with van der Waals surface area (Å²) in [6.07, 6.45) is 0. The van der Waals surface area contributed by atoms with Gasteiger partial charge in [-0.3, -0.25) is 4.79 Å². The Morgan fingerprint density at radius 1 is 0.923 bits per heavy atom. The van der Waals surface area contributed by atoms with Gasteiger partial charge in [-0.1, -0.05) is 11.6 Å². The van der Waals surface area contributed by atoms with Crippen molar-refractivity contribution in [3.8, 4) is 23.0 Å². The Morgan fingerprint density at radius 2 is 1.54 bits per heavy atom. The van der Waals surface area contributed by atoms with Gasteiger partial charge in [0.25, 0.3) is 0 Å². The van der Waals surface area contributed by atoms with E-state index in [2.05, 4.69) is 5.32 Å². The first kappa shape index (κ1) is 19.4. The number of nitrogens with one attached hydrogen (secondary N) is 1. The number of carbonyl (C=O) groups is 2. The molecule has 138 valence electrons. The molecule has 0 aliphatic heterocycles. The number of amides is 1. The topological polar surface area (TPSA) is 83.1 Å². The highest BCUT2D eigenvalue weighted by Gasteiger charge is 2.17. The molecule has 0 fully saturated rings. The predicted molar refractivity (Wildman–Crippen MR) is 96.8 cm³/mol. The van der Waals surface area contributed by atoms with E-state index in [9.17, 15) is 9.59 Å². The summed E-state index contributed by atoms with van der Waals surface area (Å²) in [5.74, 6) is 0.333. The SMILES string of the molecule is COc1cc(OC(=O)c2cc(Cl)cc(NC(C)=O)c2)cc(OC)c1OC. The number of rotatable bonds is 6. The Labute approximate surface area is 155 Å². The van der Waals surface area contributed by atoms with Gasteiger partial charge in [0.2, 0.25) is 11.7 Å². The lowest BCUT2D eigenvalue weighted by molar-refractivity contribution is -0.114. The number of hydrogen-bond acceptors (Lipinski definition) is 6. The minimum absolute atomic E-state index is 0.176. The molecule has 0 aliphatic rings. The molecular weight excluding hydrogens is 362 g/mol. The Morgan fingerprint density at radius 3 is 2.04 bits per heavy atom. The molecule has 1 N–H and O–H groups in total. The summed E-state index contributed by atoms with van der Waals surface area (Å²) in [4.78, 5) is 23.6. The average Bonchev–Trinajstić information content (AvgIpc) is 2.59. The summed E-state index contributed by atoms with van der Waals surface area (Å²) in [5.41, 5.74) is 0.567. The molecule has 0 heterocycles. The number of halogens is 1. The lowest BCUT2D eigenvalue weighted by atomic mass is 10.2. The first-order valence-electron chi connectivity index (χ1n) is 7.48. The molecule has 2 aromatic carbocycles. The van der Waals surface area contributed by atoms with Crippen LogP contribution in [-0.2, 0) is 4.79 Å². The van der Waals surface area contributed by atoms with Crippen molar-refractivity contribution in [1.82, 2.24) is 0 Å². The lowest BCUT2D eigenvalue weighted by Crippen LogP contribution is -2.11. The van der Waals surface area contributed by atoms with Crippen LogP contribution in [0.3, 0.4) is 0 Å². The molecule has 2 aromatic rings. The van der Waals surface area contributed by atoms with Crippen LogP contribution < -0.4 is 24.3 Å². The number of hydrogen-bond donors (Lipinski definition) is 1. The number of benzene rings is 2. The first-order valence-corrected chi connectivity index (χ1v) is 7.86. The number of methoxy groups -OCH3 is 3. The molecule has 0 saturated heterocycles. The van der Waals surface area contributed by atoms with Crippen molar-refractivity contribution in [3.63, 3.8) is 0 Å². The van der Waals surface area contributed by atoms with Gasteiger partial charge in [-0.25, -0.2) is 4.79 Å². The Hall–Kier alpha value is -2.93. The van der Waals surface area contributed by atoms with E-state index in [0.29, 0.717) is 22.9 Å². The summed E-state index contributed by atoms with van der Waals surface area (Å²) < 4.78 is 21.0. The van der Waals surface area contributed by atoms with Gasteiger partial charge >= 0.3 is 5.97 Å². The third kappa shape index (κ3) is 4.58. The molecule has 0 aliphatic carbocycles. The maximum absolute atomic E-state index is 12.5. The third-order valence-electron chi connectivity index (χ3n) is 3.30. The number of esters is 1. The maximum atomic E-state index is 12.5. The fraction of sp³-hybridized carbons (Fsp3) is 0.222. The lowest BCUT2D eigenvalue weighted by Gasteiger charge is -2.14. The molecule has 8 heteroatoms. The zero-order chi connectivity index (χ0) is 19.3. The van der Waals surface area contributed by atoms with Crippen LogP contribution in [0, 0.1) is 0 Å². The number of ether oxygens (including phenoxy) is 4. The van der Waals surface area contributed by atoms with Crippen molar-refractivity contribution < 1.29 is 28.5 Å². The van der Waals surface area contributed by atoms with Crippen molar-refractivity contribution in [2.24, 2.45) is 0 Å². The minimum atomic E-state index is -0.659. The van der Waals surface area contributed by atoms with Gasteiger partial charge in [-0.2, -0.15) is 0 Å². The summed E-state index contributed by atoms with van der Waals surface area (Å²) in [5, 5.41) is 2.85. The van der Waals surface area contributed by atoms with Gasteiger partial charge in [-0.05, 0) is 18.2 Å². The average molecular weight is 380 g/mol. The first-order chi connectivity index (χ1) is 12.4. The zero-order valence-electron chi connectivity index (χ0n) is 14.7. The second-order valence-electron chi connectivity index (χ2n) is 5.16. The van der Waals surface area contributed by atoms with Gasteiger partial charge in [0.15, 0.2) is 11.5 Å². The van der Waals surface area contributed by atoms with Gasteiger partial charge in [0, 0.05) is 29.8 Å². The monoisotopic (exact) mass is 379 g/mol. The predicted octanol–water partition coefficient (Wildman–Crippen LogP) is 3.54. The number of anilines is 1. The fourth-order valence-corrected chi connectivity index (χ4v) is 2.50. The molecule has 0 bridgehead atoms. The van der Waals surface area contributed by atoms with Crippen molar-refractivity contribution in [3.05, 3.63) is 40.9 Å². The Balaban J connectivity index is 2.32. The molecule has 1 amide bonds. The summed E-state index contributed by atoms with van der Waals surface area (Å²) >= 11 is 6.00. The van der Waals surface area contributed by atoms with Crippen molar-refractivity contribution in [2.75, 3.05) is 26.6 Å². The standard InChI is InChI=1S/C18H18ClNO6/c1-10(21)20-13-6-11(5-12(19)7-13)18(22)26-14-8-15(23-2)17(25-4)16(9-14)24-3/h5-9H,1-4H3,(H,20,21). The molecule has 0 atom stereocenters. The molecule has 0 saturated carbocycles. The molecule has 0 aromatic heterocycles. The van der Waals surface area contributed by atoms with E-state index in [4.69, 9.17) is 30.5 Å². The molecule has 0 unspecified atom stereocenters. The minimum Gasteiger partial charge on any atom is -0.493 e. The van der Waals surface area contributed by atoms with E-state index < -0.39 is 5.97 Å². The molecule has 7 nitrogen and oxygen atoms in total. The normalized spacial score (nSPS) is 10.0. The Kier molecular flexibility index (Phi) is 6.30. The van der Waals surface area contributed by atoms with Gasteiger partial charge in [-0.15, -0.1) is 0 Å². The summed E-state index contributed by atoms with van der Waals surface area (Å²) in [6.45, 7) is 1.36. The van der Waals surface area contributed by atoms with Gasteiger partial charge in [0.05, 0.1) is 26.9 Å². The summed E-state index contributed by atoms with van der Waals surface area (Å²) in [6, 6.07) is 7.43. The zero-order valence-corrected chi connectivity index (χ0v) is 15.5. The second kappa shape index (κ2) is 8.44. The third-order valence-corrected chi connectivity index (χ3v) is 3.52. The molecular formula is C18H18ClNO6. The van der Waals surface area contributed by atoms with Gasteiger partial charge in [0.1, 0.15) is 5.75 Å². The van der Waals surface area contributed by atoms with Crippen LogP contribution in [0.4, 0.5) is 5.69 Å². The van der Waals surface area contributed by atoms with Crippen molar-refractivity contribution in [2.45, 2.75) is 6.92 Å². The van der Waals surface area contributed by atoms with E-state index in [-0.39, 0.29) is 22.2 Å². The quantitative estimate of drug-likeness (QED) is 0.610. The van der Waals surface area contributed by atoms with E-state index >= 15 is 0 Å². The van der Waals surface area contributed by atoms with Crippen LogP contribution in [-0.4, -0.2) is 33.2 Å². The van der Waals surface area contributed by atoms with Crippen LogP contribution in [0.15, 0.2) is 30.3 Å². The second-order valence-corrected chi connectivity index (χ2v) is 5.60. The highest BCUT2D eigenvalue weighted by molar-refractivity contribution is 6.31. The van der Waals surface area contributed by atoms with E-state index in [1.54, 1.807) is 0 Å². The van der Waals surface area contributed by atoms with E-state index in [0.717, 1.165) is 0 Å². The highest BCUT2D eigenvalue weighted by atomic mass is 35.5. The molecule has 0 spiro atoms. The maximum Gasteiger partial charge on any atom is 0.343 e. The van der Waals surface area contributed by atoms with E-state index in [1.807, 2.05) is 0 Å². The highest BCUT2D eigenvalue weighted by Crippen LogP contribution is 2.41. The van der Waals surface area contributed by atoms with Crippen LogP contribution in [0.25, 0.3) is 0 Å². The Bertz CT molecular complexity index is 811. The molecule has 0 radical (unpaired) electrons. The van der Waals surface area contributed by atoms with Crippen molar-refractivity contribution >= 4 is 29.2 Å². The summed E-state index contributed by atoms with van der Waals surface area (Å²) in [7, 11) is 4.39. The van der Waals surface area contributed by atoms with E-state index in [1.165, 1.54) is 58.6 Å². The largest absolute Gasteiger partial charge is 0.493 e. The van der Waals surface area contributed by atoms with Crippen LogP contribution in [0.2, 0.25) is 5.02 Å². The molecule has 2 rings (SSSR count). The smallest absolute Gasteiger partial charge is 0.343 e. The fourth-order valence-electron chi connectivity index (χ4n) is 2.26. The number of carbonyl (C=O) groups excluding carboxylic acids is 2. The van der Waals surface area contributed by atoms with Crippen LogP contribution in [0.1, 0.15) is 17.3 Å². The van der Waals surface area contributed by atoms with Crippen molar-refractivity contribution in [1.29, 1.82) is 0 Å².